The van der Waals surface area contributed by atoms with E-state index < -0.39 is 28.5 Å². The quantitative estimate of drug-likeness (QED) is 0.724. The smallest absolute Gasteiger partial charge is 0.340 e. The van der Waals surface area contributed by atoms with Gasteiger partial charge in [0.1, 0.15) is 0 Å². The van der Waals surface area contributed by atoms with E-state index in [1.165, 1.54) is 47.0 Å². The number of esters is 1. The van der Waals surface area contributed by atoms with Gasteiger partial charge in [0.2, 0.25) is 10.0 Å². The molecule has 8 nitrogen and oxygen atoms in total. The highest BCUT2D eigenvalue weighted by Crippen LogP contribution is 2.21. The van der Waals surface area contributed by atoms with Gasteiger partial charge in [-0.25, -0.2) is 13.2 Å². The van der Waals surface area contributed by atoms with Crippen LogP contribution in [0.3, 0.4) is 0 Å². The van der Waals surface area contributed by atoms with Gasteiger partial charge in [-0.2, -0.15) is 4.31 Å². The Morgan fingerprint density at radius 1 is 1.03 bits per heavy atom. The zero-order valence-corrected chi connectivity index (χ0v) is 16.7. The van der Waals surface area contributed by atoms with Gasteiger partial charge in [0.05, 0.1) is 10.5 Å². The summed E-state index contributed by atoms with van der Waals surface area (Å²) < 4.78 is 32.0. The number of carbonyl (C=O) groups is 2. The number of pyridine rings is 1. The van der Waals surface area contributed by atoms with Crippen LogP contribution in [0.1, 0.15) is 36.0 Å². The molecule has 1 saturated heterocycles. The molecular formula is C20H23N3O5S. The lowest BCUT2D eigenvalue weighted by molar-refractivity contribution is -0.119. The van der Waals surface area contributed by atoms with Crippen LogP contribution in [0.15, 0.2) is 53.7 Å². The highest BCUT2D eigenvalue weighted by molar-refractivity contribution is 7.89. The summed E-state index contributed by atoms with van der Waals surface area (Å²) >= 11 is 0. The minimum atomic E-state index is -3.54. The lowest BCUT2D eigenvalue weighted by Gasteiger charge is -2.20. The van der Waals surface area contributed by atoms with E-state index in [1.54, 1.807) is 6.07 Å². The minimum Gasteiger partial charge on any atom is -0.452 e. The van der Waals surface area contributed by atoms with Crippen molar-refractivity contribution in [2.24, 2.45) is 0 Å². The van der Waals surface area contributed by atoms with Crippen LogP contribution in [0.25, 0.3) is 0 Å². The first-order valence-electron chi connectivity index (χ1n) is 9.44. The topological polar surface area (TPSA) is 106 Å². The maximum atomic E-state index is 12.8. The monoisotopic (exact) mass is 417 g/mol. The molecule has 1 amide bonds. The Labute approximate surface area is 169 Å². The minimum absolute atomic E-state index is 0.195. The number of hydrogen-bond acceptors (Lipinski definition) is 6. The molecule has 2 aromatic rings. The average Bonchev–Trinajstić information content (AvgIpc) is 3.03. The molecule has 1 aromatic heterocycles. The summed E-state index contributed by atoms with van der Waals surface area (Å²) in [4.78, 5) is 27.8. The van der Waals surface area contributed by atoms with Gasteiger partial charge in [0.25, 0.3) is 5.91 Å². The number of amides is 1. The predicted molar refractivity (Wildman–Crippen MR) is 107 cm³/mol. The molecule has 0 bridgehead atoms. The third kappa shape index (κ3) is 5.61. The van der Waals surface area contributed by atoms with Gasteiger partial charge >= 0.3 is 5.97 Å². The summed E-state index contributed by atoms with van der Waals surface area (Å²) in [6.07, 6.45) is 6.70. The van der Waals surface area contributed by atoms with Gasteiger partial charge in [-0.15, -0.1) is 0 Å². The Hall–Kier alpha value is -2.78. The molecule has 0 aliphatic carbocycles. The number of nitrogens with zero attached hydrogens (tertiary/aromatic N) is 2. The van der Waals surface area contributed by atoms with Crippen LogP contribution < -0.4 is 5.32 Å². The van der Waals surface area contributed by atoms with E-state index in [2.05, 4.69) is 10.3 Å². The van der Waals surface area contributed by atoms with Crippen molar-refractivity contribution in [2.75, 3.05) is 25.0 Å². The lowest BCUT2D eigenvalue weighted by Crippen LogP contribution is -2.31. The third-order valence-electron chi connectivity index (χ3n) is 4.57. The third-order valence-corrected chi connectivity index (χ3v) is 6.49. The van der Waals surface area contributed by atoms with Crippen LogP contribution in [0.5, 0.6) is 0 Å². The fourth-order valence-electron chi connectivity index (χ4n) is 3.04. The predicted octanol–water partition coefficient (Wildman–Crippen LogP) is 2.44. The fourth-order valence-corrected chi connectivity index (χ4v) is 4.55. The summed E-state index contributed by atoms with van der Waals surface area (Å²) in [5.41, 5.74) is 0.672. The van der Waals surface area contributed by atoms with E-state index in [0.29, 0.717) is 18.8 Å². The second kappa shape index (κ2) is 9.62. The molecular weight excluding hydrogens is 394 g/mol. The van der Waals surface area contributed by atoms with Crippen molar-refractivity contribution in [2.45, 2.75) is 30.6 Å². The van der Waals surface area contributed by atoms with Crippen molar-refractivity contribution in [3.8, 4) is 0 Å². The molecule has 3 rings (SSSR count). The van der Waals surface area contributed by atoms with E-state index in [1.807, 2.05) is 0 Å². The number of rotatable bonds is 6. The van der Waals surface area contributed by atoms with Crippen molar-refractivity contribution >= 4 is 27.6 Å². The molecule has 0 spiro atoms. The number of hydrogen-bond donors (Lipinski definition) is 1. The van der Waals surface area contributed by atoms with E-state index in [-0.39, 0.29) is 10.5 Å². The van der Waals surface area contributed by atoms with E-state index in [9.17, 15) is 18.0 Å². The largest absolute Gasteiger partial charge is 0.452 e. The van der Waals surface area contributed by atoms with Crippen molar-refractivity contribution in [1.82, 2.24) is 9.29 Å². The maximum absolute atomic E-state index is 12.8. The summed E-state index contributed by atoms with van der Waals surface area (Å²) in [6.45, 7) is 0.605. The van der Waals surface area contributed by atoms with Gasteiger partial charge in [-0.1, -0.05) is 12.8 Å². The van der Waals surface area contributed by atoms with Crippen LogP contribution in [-0.4, -0.2) is 49.3 Å². The number of anilines is 1. The Bertz CT molecular complexity index is 938. The van der Waals surface area contributed by atoms with Gasteiger partial charge in [-0.05, 0) is 49.2 Å². The number of sulfonamides is 1. The standard InChI is InChI=1S/C20H23N3O5S/c24-19(15-28-20(25)16-6-5-11-21-14-16)22-17-7-9-18(10-8-17)29(26,27)23-12-3-1-2-4-13-23/h5-11,14H,1-4,12-13,15H2,(H,22,24). The molecule has 1 aromatic carbocycles. The second-order valence-corrected chi connectivity index (χ2v) is 8.65. The molecule has 1 fully saturated rings. The van der Waals surface area contributed by atoms with Crippen LogP contribution in [0.4, 0.5) is 5.69 Å². The van der Waals surface area contributed by atoms with E-state index in [0.717, 1.165) is 25.7 Å². The van der Waals surface area contributed by atoms with Gasteiger partial charge in [-0.3, -0.25) is 9.78 Å². The number of ether oxygens (including phenoxy) is 1. The SMILES string of the molecule is O=C(COC(=O)c1cccnc1)Nc1ccc(S(=O)(=O)N2CCCCCC2)cc1. The van der Waals surface area contributed by atoms with Gasteiger partial charge in [0.15, 0.2) is 6.61 Å². The lowest BCUT2D eigenvalue weighted by atomic mass is 10.2. The molecule has 0 radical (unpaired) electrons. The summed E-state index contributed by atoms with van der Waals surface area (Å²) in [7, 11) is -3.54. The van der Waals surface area contributed by atoms with E-state index >= 15 is 0 Å². The highest BCUT2D eigenvalue weighted by atomic mass is 32.2. The van der Waals surface area contributed by atoms with Crippen LogP contribution in [0, 0.1) is 0 Å². The normalized spacial score (nSPS) is 15.3. The van der Waals surface area contributed by atoms with Crippen molar-refractivity contribution in [3.05, 3.63) is 54.4 Å². The van der Waals surface area contributed by atoms with Crippen molar-refractivity contribution < 1.29 is 22.7 Å². The first kappa shape index (κ1) is 20.9. The zero-order chi connectivity index (χ0) is 20.7. The maximum Gasteiger partial charge on any atom is 0.340 e. The molecule has 29 heavy (non-hydrogen) atoms. The first-order valence-corrected chi connectivity index (χ1v) is 10.9. The van der Waals surface area contributed by atoms with Crippen LogP contribution in [-0.2, 0) is 19.6 Å². The molecule has 1 aliphatic rings. The molecule has 9 heteroatoms. The zero-order valence-electron chi connectivity index (χ0n) is 15.9. The van der Waals surface area contributed by atoms with Gasteiger partial charge in [0, 0.05) is 31.2 Å². The second-order valence-electron chi connectivity index (χ2n) is 6.71. The molecule has 0 atom stereocenters. The van der Waals surface area contributed by atoms with Crippen molar-refractivity contribution in [3.63, 3.8) is 0 Å². The molecule has 154 valence electrons. The summed E-state index contributed by atoms with van der Waals surface area (Å²) in [5, 5.41) is 2.58. The molecule has 2 heterocycles. The van der Waals surface area contributed by atoms with Crippen LogP contribution >= 0.6 is 0 Å². The molecule has 0 unspecified atom stereocenters. The Kier molecular flexibility index (Phi) is 6.95. The summed E-state index contributed by atoms with van der Waals surface area (Å²) in [6, 6.07) is 9.11. The fraction of sp³-hybridized carbons (Fsp3) is 0.350. The summed E-state index contributed by atoms with van der Waals surface area (Å²) in [5.74, 6) is -1.17. The number of carbonyl (C=O) groups excluding carboxylic acids is 2. The van der Waals surface area contributed by atoms with Crippen LogP contribution in [0.2, 0.25) is 0 Å². The Balaban J connectivity index is 1.55. The number of benzene rings is 1. The Morgan fingerprint density at radius 2 is 1.72 bits per heavy atom. The molecule has 1 N–H and O–H groups in total. The number of nitrogens with one attached hydrogen (secondary N) is 1. The number of aromatic nitrogens is 1. The average molecular weight is 417 g/mol. The highest BCUT2D eigenvalue weighted by Gasteiger charge is 2.25. The van der Waals surface area contributed by atoms with Gasteiger partial charge < -0.3 is 10.1 Å². The first-order chi connectivity index (χ1) is 14.0. The molecule has 0 saturated carbocycles. The molecule has 1 aliphatic heterocycles. The van der Waals surface area contributed by atoms with E-state index in [4.69, 9.17) is 4.74 Å². The van der Waals surface area contributed by atoms with Crippen molar-refractivity contribution in [1.29, 1.82) is 0 Å². The Morgan fingerprint density at radius 3 is 2.34 bits per heavy atom.